The highest BCUT2D eigenvalue weighted by atomic mass is 35.5. The molecule has 5 aliphatic heterocycles. The van der Waals surface area contributed by atoms with E-state index in [1.165, 1.54) is 84.7 Å². The third-order valence-corrected chi connectivity index (χ3v) is 26.2. The van der Waals surface area contributed by atoms with Crippen molar-refractivity contribution in [2.45, 2.75) is 160 Å². The fourth-order valence-electron chi connectivity index (χ4n) is 16.1. The number of benzene rings is 3. The zero-order valence-corrected chi connectivity index (χ0v) is 80.3. The number of halogens is 6. The van der Waals surface area contributed by atoms with Crippen LogP contribution in [0.15, 0.2) is 225 Å². The number of allylic oxidation sites excluding steroid dienone is 1. The number of hydrogen-bond donors (Lipinski definition) is 3. The highest BCUT2D eigenvalue weighted by molar-refractivity contribution is 6.31. The average molecular weight is 1940 g/mol. The number of rotatable bonds is 17. The molecule has 6 aliphatic rings. The van der Waals surface area contributed by atoms with Crippen molar-refractivity contribution in [3.63, 3.8) is 0 Å². The molecule has 10 aromatic rings. The molecule has 12 heterocycles. The molecule has 33 heteroatoms. The fourth-order valence-corrected chi connectivity index (χ4v) is 16.8. The number of carbonyl (C=O) groups is 9. The van der Waals surface area contributed by atoms with Gasteiger partial charge in [0.05, 0.1) is 31.4 Å². The van der Waals surface area contributed by atoms with Crippen LogP contribution in [0.3, 0.4) is 0 Å². The number of pyridine rings is 7. The second-order valence-corrected chi connectivity index (χ2v) is 36.9. The van der Waals surface area contributed by atoms with Crippen molar-refractivity contribution in [1.29, 1.82) is 21.0 Å². The minimum Gasteiger partial charge on any atom is -0.462 e. The Kier molecular flexibility index (Phi) is 37.3. The molecular formula is C102H101Cl6N17O10. The number of carbonyl (C=O) groups excluding carboxylic acids is 9. The van der Waals surface area contributed by atoms with Gasteiger partial charge in [0.1, 0.15) is 66.1 Å². The predicted octanol–water partition coefficient (Wildman–Crippen LogP) is 18.3. The smallest absolute Gasteiger partial charge is 0.349 e. The van der Waals surface area contributed by atoms with E-state index in [-0.39, 0.29) is 82.8 Å². The fraction of sp³-hybridized carbons (Fsp3) is 0.333. The van der Waals surface area contributed by atoms with Crippen molar-refractivity contribution >= 4 is 134 Å². The lowest BCUT2D eigenvalue weighted by Crippen LogP contribution is -2.58. The Balaban J connectivity index is 0.000000165. The maximum Gasteiger partial charge on any atom is 0.349 e. The standard InChI is InChI=1S/C22H27N3O.C18H17ClN2O2.C18H21ClN2.C13H9ClN4O2.C12H10ClN3O2.C12H11ClN2O2.C7H6ClNO/c1-22(11-13-25(14-12-22)16-17-5-3-2-4-6-17)19-9-10-20(23-15-19)24-21(26)18-7-8-18;1-18(14-7-8-15(19)20-11-14)9-16(22)21(17(23)10-18)12-13-5-3-2-4-6-13;1-18(16-7-8-17(19)20-13-16)9-11-21(12-10-18)14-15-5-3-2-4-6-15;1-13(7-2-3-10(14)17-6-7)8(4-15)11(19)18-12(20)9(13)5-16;1-12(7-2-3-9(13)15-6-7)4-10(17)16-11(18)8(12)5-14;1-3-17-12(16)10(6-14)8(2)9-4-5-11(13)15-7-9;1-5(10)6-2-3-7(8)9-4-6/h2-6,9-10,15,18H,7-8,11-14,16H2,1H3,(H,23,24,26);2-8,11H,9-10,12H2,1H3;2-8,13H,9-12,14H2,1H3;2-3,6,8-9H,1H3,(H,18,19,20);2-3,6,8H,4H2,1H3,(H,16,17,18);4-5,7H,3H2,1-2H3;2-4H,1H3/b;;;;;10-8+;. The second kappa shape index (κ2) is 48.3. The van der Waals surface area contributed by atoms with E-state index in [0.717, 1.165) is 76.1 Å². The van der Waals surface area contributed by atoms with E-state index in [9.17, 15) is 53.7 Å². The summed E-state index contributed by atoms with van der Waals surface area (Å²) in [4.78, 5) is 141. The van der Waals surface area contributed by atoms with Crippen molar-refractivity contribution in [1.82, 2.24) is 60.2 Å². The molecule has 16 rings (SSSR count). The summed E-state index contributed by atoms with van der Waals surface area (Å²) in [5.74, 6) is -5.52. The van der Waals surface area contributed by atoms with Gasteiger partial charge in [-0.15, -0.1) is 0 Å². The topological polar surface area (TPSA) is 394 Å². The molecular weight excluding hydrogens is 1840 g/mol. The number of nitriles is 4. The summed E-state index contributed by atoms with van der Waals surface area (Å²) in [5, 5.41) is 46.0. The number of likely N-dealkylation sites (tertiary alicyclic amines) is 3. The van der Waals surface area contributed by atoms with Gasteiger partial charge in [0.2, 0.25) is 41.4 Å². The number of amides is 7. The number of aromatic nitrogens is 7. The molecule has 7 amide bonds. The first-order valence-electron chi connectivity index (χ1n) is 43.5. The number of nitrogens with one attached hydrogen (secondary N) is 3. The molecule has 6 fully saturated rings. The molecule has 5 saturated heterocycles. The number of Topliss-reactive ketones (excluding diaryl/α,β-unsaturated/α-hetero) is 1. The van der Waals surface area contributed by atoms with Gasteiger partial charge in [-0.2, -0.15) is 21.0 Å². The lowest BCUT2D eigenvalue weighted by atomic mass is 9.62. The van der Waals surface area contributed by atoms with Crippen LogP contribution in [-0.4, -0.2) is 135 Å². The van der Waals surface area contributed by atoms with Crippen LogP contribution in [0.25, 0.3) is 5.57 Å². The number of esters is 1. The first-order valence-corrected chi connectivity index (χ1v) is 45.8. The molecule has 0 radical (unpaired) electrons. The van der Waals surface area contributed by atoms with Gasteiger partial charge in [-0.1, -0.05) is 232 Å². The first-order chi connectivity index (χ1) is 64.5. The normalized spacial score (nSPS) is 19.8. The monoisotopic (exact) mass is 1930 g/mol. The molecule has 3 aromatic carbocycles. The van der Waals surface area contributed by atoms with E-state index >= 15 is 0 Å². The number of anilines is 1. The summed E-state index contributed by atoms with van der Waals surface area (Å²) in [6.45, 7) is 21.8. The van der Waals surface area contributed by atoms with Crippen LogP contribution in [0, 0.1) is 69.0 Å². The Morgan fingerprint density at radius 2 is 0.807 bits per heavy atom. The number of nitrogens with zero attached hydrogens (tertiary/aromatic N) is 14. The van der Waals surface area contributed by atoms with E-state index in [4.69, 9.17) is 84.9 Å². The SMILES string of the molecule is CC(=O)c1ccc(Cl)nc1.CC1(c2ccc(Cl)nc2)C(C#N)C(=O)NC(=O)C1C#N.CC1(c2ccc(Cl)nc2)CC(=O)N(Cc2ccccc2)C(=O)C1.CC1(c2ccc(Cl)nc2)CC(=O)NC(=O)C1C#N.CC1(c2ccc(Cl)nc2)CCN(Cc2ccccc2)CC1.CC1(c2ccc(NC(=O)C3CC3)nc2)CCN(Cc2ccccc2)CC1.CCOC(=O)/C(C#N)=C(\C)c1ccc(Cl)nc1. The Morgan fingerprint density at radius 3 is 1.17 bits per heavy atom. The second-order valence-electron chi connectivity index (χ2n) is 34.5. The summed E-state index contributed by atoms with van der Waals surface area (Å²) in [6, 6.07) is 63.0. The molecule has 0 bridgehead atoms. The van der Waals surface area contributed by atoms with Crippen molar-refractivity contribution < 1.29 is 47.9 Å². The predicted molar refractivity (Wildman–Crippen MR) is 514 cm³/mol. The van der Waals surface area contributed by atoms with E-state index in [1.54, 1.807) is 75.5 Å². The first kappa shape index (κ1) is 104. The van der Waals surface area contributed by atoms with Gasteiger partial charge in [0.15, 0.2) is 5.78 Å². The van der Waals surface area contributed by atoms with E-state index in [2.05, 4.69) is 142 Å². The summed E-state index contributed by atoms with van der Waals surface area (Å²) in [7, 11) is 0. The molecule has 3 N–H and O–H groups in total. The van der Waals surface area contributed by atoms with Crippen LogP contribution in [0.4, 0.5) is 5.82 Å². The molecule has 0 spiro atoms. The Labute approximate surface area is 815 Å². The maximum absolute atomic E-state index is 12.5. The molecule has 27 nitrogen and oxygen atoms in total. The molecule has 4 unspecified atom stereocenters. The van der Waals surface area contributed by atoms with Gasteiger partial charge in [-0.3, -0.25) is 63.7 Å². The third kappa shape index (κ3) is 28.4. The average Bonchev–Trinajstić information content (AvgIpc) is 1.65. The van der Waals surface area contributed by atoms with E-state index < -0.39 is 57.7 Å². The third-order valence-electron chi connectivity index (χ3n) is 24.8. The number of ether oxygens (including phenoxy) is 1. The van der Waals surface area contributed by atoms with Crippen LogP contribution in [0.1, 0.15) is 174 Å². The lowest BCUT2D eigenvalue weighted by Gasteiger charge is -2.39. The van der Waals surface area contributed by atoms with Gasteiger partial charge >= 0.3 is 5.97 Å². The number of imide groups is 3. The van der Waals surface area contributed by atoms with Gasteiger partial charge in [0.25, 0.3) is 0 Å². The summed E-state index contributed by atoms with van der Waals surface area (Å²) in [5.41, 5.74) is 7.78. The minimum absolute atomic E-state index is 0.00386. The maximum atomic E-state index is 12.5. The van der Waals surface area contributed by atoms with Crippen LogP contribution >= 0.6 is 69.6 Å². The minimum atomic E-state index is -1.26. The highest BCUT2D eigenvalue weighted by Crippen LogP contribution is 2.44. The van der Waals surface area contributed by atoms with Gasteiger partial charge in [-0.05, 0) is 200 Å². The largest absolute Gasteiger partial charge is 0.462 e. The quantitative estimate of drug-likeness (QED) is 0.0190. The molecule has 4 atom stereocenters. The Hall–Kier alpha value is -12.9. The zero-order valence-electron chi connectivity index (χ0n) is 75.7. The summed E-state index contributed by atoms with van der Waals surface area (Å²) in [6.07, 6.45) is 18.7. The molecule has 696 valence electrons. The molecule has 1 aliphatic carbocycles. The van der Waals surface area contributed by atoms with Crippen molar-refractivity contribution in [2.75, 3.05) is 38.1 Å². The van der Waals surface area contributed by atoms with Crippen molar-refractivity contribution in [3.05, 3.63) is 311 Å². The van der Waals surface area contributed by atoms with E-state index in [0.29, 0.717) is 66.0 Å². The van der Waals surface area contributed by atoms with Crippen LogP contribution in [-0.2, 0) is 89.8 Å². The van der Waals surface area contributed by atoms with E-state index in [1.807, 2.05) is 97.4 Å². The Morgan fingerprint density at radius 1 is 0.437 bits per heavy atom. The van der Waals surface area contributed by atoms with Crippen LogP contribution < -0.4 is 16.0 Å². The Bertz CT molecular complexity index is 5980. The zero-order chi connectivity index (χ0) is 97.8. The van der Waals surface area contributed by atoms with Gasteiger partial charge < -0.3 is 10.1 Å². The van der Waals surface area contributed by atoms with Crippen molar-refractivity contribution in [3.8, 4) is 24.3 Å². The van der Waals surface area contributed by atoms with Crippen LogP contribution in [0.2, 0.25) is 30.9 Å². The van der Waals surface area contributed by atoms with Gasteiger partial charge in [-0.25, -0.2) is 39.7 Å². The molecule has 1 saturated carbocycles. The number of hydrogen-bond acceptors (Lipinski definition) is 23. The summed E-state index contributed by atoms with van der Waals surface area (Å²) < 4.78 is 4.80. The van der Waals surface area contributed by atoms with Crippen LogP contribution in [0.5, 0.6) is 0 Å². The number of piperidine rings is 5. The summed E-state index contributed by atoms with van der Waals surface area (Å²) >= 11 is 34.3. The number of ketones is 1. The molecule has 7 aromatic heterocycles. The molecule has 135 heavy (non-hydrogen) atoms. The van der Waals surface area contributed by atoms with Gasteiger partial charge in [0, 0.05) is 103 Å². The highest BCUT2D eigenvalue weighted by Gasteiger charge is 2.55. The lowest BCUT2D eigenvalue weighted by molar-refractivity contribution is -0.152. The van der Waals surface area contributed by atoms with Crippen molar-refractivity contribution in [2.24, 2.45) is 23.7 Å².